The molecule has 1 N–H and O–H groups in total. The van der Waals surface area contributed by atoms with E-state index in [0.29, 0.717) is 4.80 Å². The fraction of sp³-hybridized carbons (Fsp3) is 0.571. The second-order valence-electron chi connectivity index (χ2n) is 2.53. The van der Waals surface area contributed by atoms with E-state index in [0.717, 1.165) is 0 Å². The van der Waals surface area contributed by atoms with Gasteiger partial charge >= 0.3 is 0 Å². The molecule has 0 aliphatic heterocycles. The van der Waals surface area contributed by atoms with Gasteiger partial charge in [0.25, 0.3) is 0 Å². The topological polar surface area (TPSA) is 28.8 Å². The molecule has 0 radical (unpaired) electrons. The Labute approximate surface area is 68.8 Å². The third kappa shape index (κ3) is 1.68. The Morgan fingerprint density at radius 3 is 2.64 bits per heavy atom. The molecule has 62 valence electrons. The number of aromatic nitrogens is 1. The number of nitrogens with zero attached hydrogens (tertiary/aromatic N) is 1. The molecular weight excluding hydrogens is 163 g/mol. The predicted octanol–water partition coefficient (Wildman–Crippen LogP) is 1.95. The Kier molecular flexibility index (Phi) is 2.44. The number of nitrogens with one attached hydrogen (secondary N) is 1. The number of halogens is 1. The lowest BCUT2D eigenvalue weighted by Crippen LogP contribution is -2.22. The molecule has 11 heavy (non-hydrogen) atoms. The first-order chi connectivity index (χ1) is 5.13. The molecule has 0 aliphatic rings. The predicted molar refractivity (Wildman–Crippen MR) is 43.4 cm³/mol. The van der Waals surface area contributed by atoms with Gasteiger partial charge in [-0.05, 0) is 13.8 Å². The highest BCUT2D eigenvalue weighted by molar-refractivity contribution is 7.06. The van der Waals surface area contributed by atoms with Crippen LogP contribution in [0.4, 0.5) is 4.39 Å². The fourth-order valence-corrected chi connectivity index (χ4v) is 1.50. The van der Waals surface area contributed by atoms with Crippen LogP contribution in [0.2, 0.25) is 0 Å². The van der Waals surface area contributed by atoms with Crippen molar-refractivity contribution in [1.29, 1.82) is 5.41 Å². The molecule has 0 saturated heterocycles. The lowest BCUT2D eigenvalue weighted by molar-refractivity contribution is 0.261. The van der Waals surface area contributed by atoms with Gasteiger partial charge in [-0.3, -0.25) is 5.41 Å². The van der Waals surface area contributed by atoms with Crippen LogP contribution >= 0.6 is 11.3 Å². The average molecular weight is 174 g/mol. The van der Waals surface area contributed by atoms with E-state index in [9.17, 15) is 4.39 Å². The van der Waals surface area contributed by atoms with E-state index >= 15 is 0 Å². The van der Waals surface area contributed by atoms with E-state index in [4.69, 9.17) is 5.41 Å². The average Bonchev–Trinajstić information content (AvgIpc) is 2.33. The van der Waals surface area contributed by atoms with Crippen LogP contribution in [0.5, 0.6) is 0 Å². The molecule has 0 fully saturated rings. The molecule has 1 heterocycles. The van der Waals surface area contributed by atoms with Crippen molar-refractivity contribution in [2.75, 3.05) is 0 Å². The summed E-state index contributed by atoms with van der Waals surface area (Å²) in [6.07, 6.45) is 0.840. The molecule has 0 aliphatic carbocycles. The summed E-state index contributed by atoms with van der Waals surface area (Å²) >= 11 is 1.31. The summed E-state index contributed by atoms with van der Waals surface area (Å²) in [5.41, 5.74) is 0. The summed E-state index contributed by atoms with van der Waals surface area (Å²) in [7, 11) is 0. The summed E-state index contributed by atoms with van der Waals surface area (Å²) in [5.74, 6) is 0. The van der Waals surface area contributed by atoms with Crippen molar-refractivity contribution in [3.8, 4) is 0 Å². The van der Waals surface area contributed by atoms with Gasteiger partial charge in [-0.15, -0.1) is 11.3 Å². The molecule has 0 spiro atoms. The molecule has 2 atom stereocenters. The molecule has 0 amide bonds. The van der Waals surface area contributed by atoms with E-state index in [1.165, 1.54) is 18.3 Å². The zero-order valence-corrected chi connectivity index (χ0v) is 7.36. The van der Waals surface area contributed by atoms with Gasteiger partial charge in [0, 0.05) is 11.6 Å². The maximum atomic E-state index is 12.7. The van der Waals surface area contributed by atoms with Crippen LogP contribution in [0.15, 0.2) is 11.6 Å². The van der Waals surface area contributed by atoms with Crippen LogP contribution in [0.1, 0.15) is 19.9 Å². The molecule has 0 bridgehead atoms. The Bertz CT molecular complexity index is 276. The number of thiazole rings is 1. The fourth-order valence-electron chi connectivity index (χ4n) is 0.831. The van der Waals surface area contributed by atoms with Gasteiger partial charge < -0.3 is 4.57 Å². The SMILES string of the molecule is CC(F)[C@H](C)n1ccsc1=N. The number of hydrogen-bond acceptors (Lipinski definition) is 2. The molecule has 4 heteroatoms. The van der Waals surface area contributed by atoms with Crippen molar-refractivity contribution in [2.24, 2.45) is 0 Å². The van der Waals surface area contributed by atoms with E-state index < -0.39 is 6.17 Å². The van der Waals surface area contributed by atoms with Gasteiger partial charge in [-0.1, -0.05) is 0 Å². The second-order valence-corrected chi connectivity index (χ2v) is 3.43. The number of alkyl halides is 1. The van der Waals surface area contributed by atoms with Crippen LogP contribution in [0, 0.1) is 5.41 Å². The van der Waals surface area contributed by atoms with Crippen molar-refractivity contribution >= 4 is 11.3 Å². The second kappa shape index (κ2) is 3.17. The maximum absolute atomic E-state index is 12.7. The lowest BCUT2D eigenvalue weighted by atomic mass is 10.2. The summed E-state index contributed by atoms with van der Waals surface area (Å²) in [6, 6.07) is -0.228. The smallest absolute Gasteiger partial charge is 0.182 e. The van der Waals surface area contributed by atoms with Gasteiger partial charge in [0.15, 0.2) is 4.80 Å². The van der Waals surface area contributed by atoms with Crippen LogP contribution in [-0.2, 0) is 0 Å². The van der Waals surface area contributed by atoms with Crippen LogP contribution in [0.3, 0.4) is 0 Å². The van der Waals surface area contributed by atoms with Gasteiger partial charge in [-0.2, -0.15) is 0 Å². The molecule has 1 aromatic heterocycles. The zero-order valence-electron chi connectivity index (χ0n) is 6.54. The Morgan fingerprint density at radius 1 is 1.64 bits per heavy atom. The molecule has 0 saturated carbocycles. The summed E-state index contributed by atoms with van der Waals surface area (Å²) in [4.78, 5) is 0.405. The first kappa shape index (κ1) is 8.46. The Morgan fingerprint density at radius 2 is 2.27 bits per heavy atom. The first-order valence-electron chi connectivity index (χ1n) is 3.47. The summed E-state index contributed by atoms with van der Waals surface area (Å²) < 4.78 is 14.4. The summed E-state index contributed by atoms with van der Waals surface area (Å²) in [5, 5.41) is 9.18. The molecule has 1 unspecified atom stereocenters. The molecular formula is C7H11FN2S. The normalized spacial score (nSPS) is 16.3. The van der Waals surface area contributed by atoms with E-state index in [1.54, 1.807) is 23.1 Å². The minimum Gasteiger partial charge on any atom is -0.318 e. The molecule has 1 rings (SSSR count). The Hall–Kier alpha value is -0.640. The van der Waals surface area contributed by atoms with Crippen molar-refractivity contribution < 1.29 is 4.39 Å². The standard InChI is InChI=1S/C7H11FN2S/c1-5(8)6(2)10-3-4-11-7(10)9/h3-6,9H,1-2H3/t5?,6-/m0/s1. The highest BCUT2D eigenvalue weighted by Gasteiger charge is 2.12. The van der Waals surface area contributed by atoms with Crippen molar-refractivity contribution in [1.82, 2.24) is 4.57 Å². The molecule has 2 nitrogen and oxygen atoms in total. The zero-order chi connectivity index (χ0) is 8.43. The monoisotopic (exact) mass is 174 g/mol. The Balaban J connectivity index is 2.93. The van der Waals surface area contributed by atoms with E-state index in [1.807, 2.05) is 0 Å². The quantitative estimate of drug-likeness (QED) is 0.710. The van der Waals surface area contributed by atoms with Gasteiger partial charge in [0.1, 0.15) is 6.17 Å². The summed E-state index contributed by atoms with van der Waals surface area (Å²) in [6.45, 7) is 3.28. The minimum absolute atomic E-state index is 0.228. The van der Waals surface area contributed by atoms with Gasteiger partial charge in [0.2, 0.25) is 0 Å². The molecule has 1 aromatic rings. The minimum atomic E-state index is -0.904. The van der Waals surface area contributed by atoms with Crippen LogP contribution < -0.4 is 4.80 Å². The number of hydrogen-bond donors (Lipinski definition) is 1. The van der Waals surface area contributed by atoms with Crippen LogP contribution in [-0.4, -0.2) is 10.7 Å². The third-order valence-electron chi connectivity index (χ3n) is 1.74. The highest BCUT2D eigenvalue weighted by atomic mass is 32.1. The number of rotatable bonds is 2. The largest absolute Gasteiger partial charge is 0.318 e. The van der Waals surface area contributed by atoms with Crippen molar-refractivity contribution in [3.63, 3.8) is 0 Å². The third-order valence-corrected chi connectivity index (χ3v) is 2.43. The van der Waals surface area contributed by atoms with Gasteiger partial charge in [-0.25, -0.2) is 4.39 Å². The molecule has 0 aromatic carbocycles. The maximum Gasteiger partial charge on any atom is 0.182 e. The van der Waals surface area contributed by atoms with Gasteiger partial charge in [0.05, 0.1) is 6.04 Å². The van der Waals surface area contributed by atoms with E-state index in [2.05, 4.69) is 0 Å². The van der Waals surface area contributed by atoms with E-state index in [-0.39, 0.29) is 6.04 Å². The highest BCUT2D eigenvalue weighted by Crippen LogP contribution is 2.11. The van der Waals surface area contributed by atoms with Crippen molar-refractivity contribution in [3.05, 3.63) is 16.4 Å². The van der Waals surface area contributed by atoms with Crippen molar-refractivity contribution in [2.45, 2.75) is 26.1 Å². The first-order valence-corrected chi connectivity index (χ1v) is 4.35. The lowest BCUT2D eigenvalue weighted by Gasteiger charge is -2.13. The van der Waals surface area contributed by atoms with Crippen LogP contribution in [0.25, 0.3) is 0 Å².